The van der Waals surface area contributed by atoms with Gasteiger partial charge in [-0.3, -0.25) is 19.7 Å². The zero-order chi connectivity index (χ0) is 20.7. The molecule has 2 aromatic carbocycles. The van der Waals surface area contributed by atoms with E-state index < -0.39 is 29.3 Å². The van der Waals surface area contributed by atoms with Crippen molar-refractivity contribution in [2.75, 3.05) is 6.54 Å². The number of nitrogens with zero attached hydrogens (tertiary/aromatic N) is 1. The summed E-state index contributed by atoms with van der Waals surface area (Å²) in [5.41, 5.74) is -0.221. The summed E-state index contributed by atoms with van der Waals surface area (Å²) in [6, 6.07) is 11.4. The van der Waals surface area contributed by atoms with Crippen LogP contribution in [0.25, 0.3) is 6.08 Å². The van der Waals surface area contributed by atoms with Gasteiger partial charge in [0.15, 0.2) is 0 Å². The molecule has 0 bridgehead atoms. The molecule has 0 aromatic heterocycles. The molecule has 0 aliphatic carbocycles. The van der Waals surface area contributed by atoms with E-state index in [1.54, 1.807) is 12.1 Å². The van der Waals surface area contributed by atoms with Gasteiger partial charge < -0.3 is 20.5 Å². The number of rotatable bonds is 7. The quantitative estimate of drug-likeness (QED) is 0.400. The van der Waals surface area contributed by atoms with E-state index in [4.69, 9.17) is 11.6 Å². The molecule has 0 fully saturated rings. The minimum atomic E-state index is -1.53. The van der Waals surface area contributed by atoms with Gasteiger partial charge >= 0.3 is 0 Å². The summed E-state index contributed by atoms with van der Waals surface area (Å²) >= 11 is 5.96. The van der Waals surface area contributed by atoms with Gasteiger partial charge in [-0.25, -0.2) is 0 Å². The SMILES string of the molecule is O=C([O-])CNC(=O)/C(=C/c1cccc([N+](=O)[O-])c1)NC(=O)c1ccccc1Cl. The lowest BCUT2D eigenvalue weighted by Crippen LogP contribution is -2.41. The fourth-order valence-corrected chi connectivity index (χ4v) is 2.36. The van der Waals surface area contributed by atoms with Gasteiger partial charge in [-0.2, -0.15) is 0 Å². The Labute approximate surface area is 163 Å². The average Bonchev–Trinajstić information content (AvgIpc) is 2.66. The fraction of sp³-hybridized carbons (Fsp3) is 0.0556. The number of nitro groups is 1. The predicted molar refractivity (Wildman–Crippen MR) is 98.0 cm³/mol. The van der Waals surface area contributed by atoms with Crippen molar-refractivity contribution in [1.82, 2.24) is 10.6 Å². The Kier molecular flexibility index (Phi) is 6.83. The first-order valence-corrected chi connectivity index (χ1v) is 8.16. The van der Waals surface area contributed by atoms with E-state index in [1.807, 2.05) is 0 Å². The van der Waals surface area contributed by atoms with E-state index in [0.29, 0.717) is 0 Å². The van der Waals surface area contributed by atoms with Crippen LogP contribution in [0.15, 0.2) is 54.2 Å². The van der Waals surface area contributed by atoms with Gasteiger partial charge in [0.1, 0.15) is 5.70 Å². The molecule has 0 aliphatic heterocycles. The minimum Gasteiger partial charge on any atom is -0.548 e. The summed E-state index contributed by atoms with van der Waals surface area (Å²) in [5.74, 6) is -3.16. The minimum absolute atomic E-state index is 0.0850. The van der Waals surface area contributed by atoms with Crippen molar-refractivity contribution in [2.24, 2.45) is 0 Å². The van der Waals surface area contributed by atoms with Crippen LogP contribution in [0.3, 0.4) is 0 Å². The molecule has 0 unspecified atom stereocenters. The smallest absolute Gasteiger partial charge is 0.270 e. The molecule has 2 amide bonds. The molecule has 0 atom stereocenters. The summed E-state index contributed by atoms with van der Waals surface area (Å²) in [6.07, 6.45) is 1.17. The van der Waals surface area contributed by atoms with Crippen LogP contribution < -0.4 is 15.7 Å². The third-order valence-corrected chi connectivity index (χ3v) is 3.73. The molecule has 0 radical (unpaired) electrons. The van der Waals surface area contributed by atoms with Crippen LogP contribution in [0, 0.1) is 10.1 Å². The van der Waals surface area contributed by atoms with Crippen molar-refractivity contribution in [3.8, 4) is 0 Å². The Morgan fingerprint density at radius 1 is 1.11 bits per heavy atom. The van der Waals surface area contributed by atoms with Crippen molar-refractivity contribution in [2.45, 2.75) is 0 Å². The van der Waals surface area contributed by atoms with Gasteiger partial charge in [0, 0.05) is 12.1 Å². The van der Waals surface area contributed by atoms with E-state index in [2.05, 4.69) is 10.6 Å². The lowest BCUT2D eigenvalue weighted by atomic mass is 10.1. The molecule has 0 saturated heterocycles. The number of carboxylic acids is 1. The van der Waals surface area contributed by atoms with E-state index in [1.165, 1.54) is 42.5 Å². The first-order chi connectivity index (χ1) is 13.3. The second-order valence-electron chi connectivity index (χ2n) is 5.40. The molecule has 144 valence electrons. The van der Waals surface area contributed by atoms with Crippen LogP contribution in [-0.2, 0) is 9.59 Å². The van der Waals surface area contributed by atoms with Gasteiger partial charge in [-0.05, 0) is 23.8 Å². The van der Waals surface area contributed by atoms with E-state index in [-0.39, 0.29) is 27.5 Å². The van der Waals surface area contributed by atoms with Crippen LogP contribution in [0.2, 0.25) is 5.02 Å². The number of hydrogen-bond acceptors (Lipinski definition) is 6. The number of aliphatic carboxylic acids is 1. The molecule has 0 saturated carbocycles. The summed E-state index contributed by atoms with van der Waals surface area (Å²) in [4.78, 5) is 45.6. The Morgan fingerprint density at radius 3 is 2.46 bits per heavy atom. The summed E-state index contributed by atoms with van der Waals surface area (Å²) in [6.45, 7) is -0.785. The zero-order valence-electron chi connectivity index (χ0n) is 14.2. The van der Waals surface area contributed by atoms with Crippen molar-refractivity contribution >= 4 is 41.1 Å². The van der Waals surface area contributed by atoms with Crippen molar-refractivity contribution in [1.29, 1.82) is 0 Å². The lowest BCUT2D eigenvalue weighted by molar-refractivity contribution is -0.384. The second-order valence-corrected chi connectivity index (χ2v) is 5.81. The van der Waals surface area contributed by atoms with Gasteiger partial charge in [0.25, 0.3) is 17.5 Å². The summed E-state index contributed by atoms with van der Waals surface area (Å²) in [5, 5.41) is 26.0. The molecule has 28 heavy (non-hydrogen) atoms. The van der Waals surface area contributed by atoms with Gasteiger partial charge in [0.2, 0.25) is 0 Å². The first-order valence-electron chi connectivity index (χ1n) is 7.78. The molecule has 2 aromatic rings. The van der Waals surface area contributed by atoms with E-state index in [0.717, 1.165) is 0 Å². The molecule has 2 rings (SSSR count). The third kappa shape index (κ3) is 5.64. The molecule has 2 N–H and O–H groups in total. The normalized spacial score (nSPS) is 10.8. The second kappa shape index (κ2) is 9.28. The maximum Gasteiger partial charge on any atom is 0.270 e. The number of hydrogen-bond donors (Lipinski definition) is 2. The highest BCUT2D eigenvalue weighted by Gasteiger charge is 2.17. The Morgan fingerprint density at radius 2 is 1.82 bits per heavy atom. The lowest BCUT2D eigenvalue weighted by Gasteiger charge is -2.12. The van der Waals surface area contributed by atoms with Crippen LogP contribution in [0.5, 0.6) is 0 Å². The number of nitro benzene ring substituents is 1. The number of benzene rings is 2. The number of carbonyl (C=O) groups excluding carboxylic acids is 3. The third-order valence-electron chi connectivity index (χ3n) is 3.40. The van der Waals surface area contributed by atoms with Crippen LogP contribution >= 0.6 is 11.6 Å². The van der Waals surface area contributed by atoms with Gasteiger partial charge in [-0.1, -0.05) is 35.9 Å². The number of amides is 2. The maximum atomic E-state index is 12.4. The maximum absolute atomic E-state index is 12.4. The average molecular weight is 403 g/mol. The summed E-state index contributed by atoms with van der Waals surface area (Å²) in [7, 11) is 0. The first kappa shape index (κ1) is 20.6. The molecule has 9 nitrogen and oxygen atoms in total. The molecule has 10 heteroatoms. The topological polar surface area (TPSA) is 141 Å². The molecular weight excluding hydrogens is 390 g/mol. The molecule has 0 aliphatic rings. The van der Waals surface area contributed by atoms with Crippen LogP contribution in [0.4, 0.5) is 5.69 Å². The Hall–Kier alpha value is -3.72. The van der Waals surface area contributed by atoms with Crippen molar-refractivity contribution < 1.29 is 24.4 Å². The van der Waals surface area contributed by atoms with Crippen molar-refractivity contribution in [3.05, 3.63) is 80.5 Å². The largest absolute Gasteiger partial charge is 0.548 e. The molecule has 0 heterocycles. The van der Waals surface area contributed by atoms with Gasteiger partial charge in [0.05, 0.1) is 28.0 Å². The highest BCUT2D eigenvalue weighted by molar-refractivity contribution is 6.34. The van der Waals surface area contributed by atoms with E-state index in [9.17, 15) is 29.6 Å². The fourth-order valence-electron chi connectivity index (χ4n) is 2.14. The zero-order valence-corrected chi connectivity index (χ0v) is 14.9. The highest BCUT2D eigenvalue weighted by atomic mass is 35.5. The summed E-state index contributed by atoms with van der Waals surface area (Å²) < 4.78 is 0. The number of halogens is 1. The predicted octanol–water partition coefficient (Wildman–Crippen LogP) is 0.885. The highest BCUT2D eigenvalue weighted by Crippen LogP contribution is 2.17. The number of nitrogens with one attached hydrogen (secondary N) is 2. The molecule has 0 spiro atoms. The number of carbonyl (C=O) groups is 3. The molecular formula is C18H13ClN3O6-. The van der Waals surface area contributed by atoms with Crippen LogP contribution in [0.1, 0.15) is 15.9 Å². The van der Waals surface area contributed by atoms with Crippen LogP contribution in [-0.4, -0.2) is 29.3 Å². The Balaban J connectivity index is 2.36. The Bertz CT molecular complexity index is 973. The number of carboxylic acid groups (broad SMARTS) is 1. The van der Waals surface area contributed by atoms with Crippen molar-refractivity contribution in [3.63, 3.8) is 0 Å². The standard InChI is InChI=1S/C18H14ClN3O6/c19-14-7-2-1-6-13(14)17(25)21-15(18(26)20-10-16(23)24)9-11-4-3-5-12(8-11)22(27)28/h1-9H,10H2,(H,20,26)(H,21,25)(H,23,24)/p-1/b15-9-. The monoisotopic (exact) mass is 402 g/mol. The van der Waals surface area contributed by atoms with Gasteiger partial charge in [-0.15, -0.1) is 0 Å². The number of non-ortho nitro benzene ring substituents is 1. The van der Waals surface area contributed by atoms with E-state index >= 15 is 0 Å².